The smallest absolute Gasteiger partial charge is 0.318 e. The van der Waals surface area contributed by atoms with Crippen molar-refractivity contribution in [1.29, 1.82) is 5.26 Å². The van der Waals surface area contributed by atoms with Crippen LogP contribution < -0.4 is 10.1 Å². The molecule has 7 aliphatic rings. The van der Waals surface area contributed by atoms with Crippen molar-refractivity contribution in [2.45, 2.75) is 180 Å². The van der Waals surface area contributed by atoms with E-state index >= 15 is 0 Å². The molecule has 2 N–H and O–H groups in total. The summed E-state index contributed by atoms with van der Waals surface area (Å²) in [4.78, 5) is 30.1. The van der Waals surface area contributed by atoms with Gasteiger partial charge in [-0.3, -0.25) is 9.59 Å². The van der Waals surface area contributed by atoms with E-state index in [4.69, 9.17) is 14.2 Å². The summed E-state index contributed by atoms with van der Waals surface area (Å²) in [7, 11) is -3.09. The highest BCUT2D eigenvalue weighted by molar-refractivity contribution is 7.91. The minimum Gasteiger partial charge on any atom is -0.475 e. The van der Waals surface area contributed by atoms with Gasteiger partial charge in [0.05, 0.1) is 10.9 Å². The molecule has 8 rings (SSSR count). The van der Waals surface area contributed by atoms with Crippen molar-refractivity contribution >= 4 is 21.8 Å². The molecule has 5 fully saturated rings. The summed E-state index contributed by atoms with van der Waals surface area (Å²) in [5.41, 5.74) is 2.86. The van der Waals surface area contributed by atoms with E-state index in [9.17, 15) is 28.4 Å². The third-order valence-corrected chi connectivity index (χ3v) is 22.3. The molecule has 1 aromatic rings. The number of carbonyl (C=O) groups is 2. The van der Waals surface area contributed by atoms with Crippen LogP contribution in [-0.2, 0) is 28.9 Å². The number of esters is 2. The van der Waals surface area contributed by atoms with E-state index in [2.05, 4.69) is 76.6 Å². The first-order chi connectivity index (χ1) is 32.0. The number of sulfone groups is 1. The topological polar surface area (TPSA) is 165 Å². The number of allylic oxidation sites excluding steroid dienone is 5. The van der Waals surface area contributed by atoms with E-state index in [1.165, 1.54) is 55.1 Å². The summed E-state index contributed by atoms with van der Waals surface area (Å²) in [5.74, 6) is 1.89. The number of nitrogens with one attached hydrogen (secondary N) is 1. The van der Waals surface area contributed by atoms with Crippen LogP contribution in [0.15, 0.2) is 53.8 Å². The molecule has 5 saturated carbocycles. The molecular weight excluding hydrogens is 875 g/mol. The fraction of sp³-hybridized carbons (Fsp3) is 0.750. The van der Waals surface area contributed by atoms with Gasteiger partial charge in [0.25, 0.3) is 0 Å². The van der Waals surface area contributed by atoms with E-state index < -0.39 is 39.6 Å². The quantitative estimate of drug-likeness (QED) is 0.104. The number of ether oxygens (including phenoxy) is 3. The Kier molecular flexibility index (Phi) is 13.9. The Labute approximate surface area is 407 Å². The molecule has 0 amide bonds. The molecule has 1 aromatic heterocycles. The molecule has 0 aliphatic heterocycles. The Balaban J connectivity index is 1.00. The lowest BCUT2D eigenvalue weighted by molar-refractivity contribution is -0.221. The second-order valence-corrected chi connectivity index (χ2v) is 26.5. The van der Waals surface area contributed by atoms with Crippen molar-refractivity contribution in [1.82, 2.24) is 10.3 Å². The Morgan fingerprint density at radius 3 is 2.34 bits per heavy atom. The molecule has 1 heterocycles. The lowest BCUT2D eigenvalue weighted by Crippen LogP contribution is -2.68. The second kappa shape index (κ2) is 18.6. The number of pyridine rings is 1. The van der Waals surface area contributed by atoms with Gasteiger partial charge in [0.2, 0.25) is 12.7 Å². The zero-order valence-electron chi connectivity index (χ0n) is 42.5. The summed E-state index contributed by atoms with van der Waals surface area (Å²) in [6.07, 6.45) is 22.8. The zero-order valence-corrected chi connectivity index (χ0v) is 43.3. The predicted octanol–water partition coefficient (Wildman–Crippen LogP) is 10.5. The van der Waals surface area contributed by atoms with Crippen LogP contribution >= 0.6 is 0 Å². The standard InChI is InChI=1S/C56H81N3O8S/c1-10-46(60)66-36-67-49(61)54(35-65-48-39(34-57)12-11-32-58-48)24-15-38(16-25-54)42-20-22-51(6)44(50(42,4)5)21-23-53(8)45(51)14-13-43-47-41(37(2)3)19-28-56(47,30-29-52(43,53)7)59-33-31-55(62)26-17-40(18-27-55)68(9,63)64/h11-12,15,20,32,40-41,43-45,47,59,62H,2,10,13-14,16-19,21-31,33,35-36H2,1,3-9H3/t40?,41-,43+,44-,45+,47+,51-,52+,53+,54+,55?,56-/m0/s1. The highest BCUT2D eigenvalue weighted by Crippen LogP contribution is 2.76. The fourth-order valence-electron chi connectivity index (χ4n) is 16.7. The molecule has 68 heavy (non-hydrogen) atoms. The molecule has 7 aliphatic carbocycles. The molecule has 374 valence electrons. The molecule has 0 aromatic carbocycles. The van der Waals surface area contributed by atoms with E-state index in [-0.39, 0.29) is 51.4 Å². The summed E-state index contributed by atoms with van der Waals surface area (Å²) >= 11 is 0. The lowest BCUT2D eigenvalue weighted by atomic mass is 9.33. The Morgan fingerprint density at radius 1 is 0.926 bits per heavy atom. The van der Waals surface area contributed by atoms with Gasteiger partial charge in [0.15, 0.2) is 0 Å². The summed E-state index contributed by atoms with van der Waals surface area (Å²) in [6, 6.07) is 5.45. The molecule has 0 spiro atoms. The van der Waals surface area contributed by atoms with Crippen molar-refractivity contribution < 1.29 is 37.3 Å². The molecule has 0 unspecified atom stereocenters. The monoisotopic (exact) mass is 956 g/mol. The van der Waals surface area contributed by atoms with Gasteiger partial charge in [-0.25, -0.2) is 13.4 Å². The van der Waals surface area contributed by atoms with Crippen LogP contribution in [-0.4, -0.2) is 73.0 Å². The van der Waals surface area contributed by atoms with Gasteiger partial charge in [-0.15, -0.1) is 0 Å². The minimum atomic E-state index is -3.09. The Morgan fingerprint density at radius 2 is 1.68 bits per heavy atom. The van der Waals surface area contributed by atoms with Crippen molar-refractivity contribution in [3.05, 3.63) is 59.3 Å². The first-order valence-electron chi connectivity index (χ1n) is 26.0. The summed E-state index contributed by atoms with van der Waals surface area (Å²) in [5, 5.41) is 25.2. The van der Waals surface area contributed by atoms with Gasteiger partial charge in [0.1, 0.15) is 33.5 Å². The van der Waals surface area contributed by atoms with Crippen molar-refractivity contribution in [2.24, 2.45) is 56.7 Å². The van der Waals surface area contributed by atoms with Gasteiger partial charge < -0.3 is 24.6 Å². The van der Waals surface area contributed by atoms with Crippen molar-refractivity contribution in [3.63, 3.8) is 0 Å². The maximum absolute atomic E-state index is 13.9. The van der Waals surface area contributed by atoms with Gasteiger partial charge in [0, 0.05) is 24.4 Å². The number of hydrogen-bond donors (Lipinski definition) is 2. The maximum atomic E-state index is 13.9. The van der Waals surface area contributed by atoms with E-state index in [1.807, 2.05) is 0 Å². The van der Waals surface area contributed by atoms with Gasteiger partial charge in [-0.05, 0) is 197 Å². The van der Waals surface area contributed by atoms with Crippen LogP contribution in [0.5, 0.6) is 5.88 Å². The van der Waals surface area contributed by atoms with E-state index in [0.717, 1.165) is 32.2 Å². The maximum Gasteiger partial charge on any atom is 0.318 e. The molecule has 10 atom stereocenters. The number of fused-ring (bicyclic) bond motifs is 7. The fourth-order valence-corrected chi connectivity index (χ4v) is 17.8. The van der Waals surface area contributed by atoms with Crippen LogP contribution in [0, 0.1) is 68.0 Å². The van der Waals surface area contributed by atoms with E-state index in [1.54, 1.807) is 25.3 Å². The largest absolute Gasteiger partial charge is 0.475 e. The highest BCUT2D eigenvalue weighted by atomic mass is 32.2. The third kappa shape index (κ3) is 8.73. The molecular formula is C56H81N3O8S. The molecule has 0 radical (unpaired) electrons. The van der Waals surface area contributed by atoms with E-state index in [0.29, 0.717) is 86.5 Å². The summed E-state index contributed by atoms with van der Waals surface area (Å²) < 4.78 is 41.4. The number of nitriles is 1. The van der Waals surface area contributed by atoms with Gasteiger partial charge in [-0.2, -0.15) is 5.26 Å². The molecule has 0 bridgehead atoms. The van der Waals surface area contributed by atoms with Gasteiger partial charge in [-0.1, -0.05) is 65.8 Å². The van der Waals surface area contributed by atoms with Crippen LogP contribution in [0.3, 0.4) is 0 Å². The first kappa shape index (κ1) is 50.8. The second-order valence-electron chi connectivity index (χ2n) is 24.2. The Bertz CT molecular complexity index is 2340. The normalized spacial score (nSPS) is 39.6. The molecule has 0 saturated heterocycles. The highest BCUT2D eigenvalue weighted by Gasteiger charge is 2.70. The third-order valence-electron chi connectivity index (χ3n) is 20.6. The average Bonchev–Trinajstić information content (AvgIpc) is 3.68. The van der Waals surface area contributed by atoms with Crippen LogP contribution in [0.25, 0.3) is 0 Å². The number of aliphatic hydroxyl groups is 1. The minimum absolute atomic E-state index is 0.0178. The number of aromatic nitrogens is 1. The predicted molar refractivity (Wildman–Crippen MR) is 264 cm³/mol. The molecule has 11 nitrogen and oxygen atoms in total. The number of nitrogens with zero attached hydrogens (tertiary/aromatic N) is 2. The average molecular weight is 956 g/mol. The number of rotatable bonds is 14. The van der Waals surface area contributed by atoms with Crippen LogP contribution in [0.2, 0.25) is 0 Å². The number of carbonyl (C=O) groups excluding carboxylic acids is 2. The zero-order chi connectivity index (χ0) is 49.1. The molecule has 12 heteroatoms. The first-order valence-corrected chi connectivity index (χ1v) is 28.0. The number of hydrogen-bond acceptors (Lipinski definition) is 11. The van der Waals surface area contributed by atoms with Crippen LogP contribution in [0.4, 0.5) is 0 Å². The van der Waals surface area contributed by atoms with Crippen molar-refractivity contribution in [3.8, 4) is 11.9 Å². The lowest BCUT2D eigenvalue weighted by Gasteiger charge is -2.72. The Hall–Kier alpha value is -3.53. The van der Waals surface area contributed by atoms with Crippen molar-refractivity contribution in [2.75, 3.05) is 26.2 Å². The van der Waals surface area contributed by atoms with Gasteiger partial charge >= 0.3 is 11.9 Å². The summed E-state index contributed by atoms with van der Waals surface area (Å²) in [6.45, 7) is 21.8. The SMILES string of the molecule is C=C(C)[C@@H]1CC[C@]2(NCCC3(O)CCC(S(C)(=O)=O)CC3)CC[C@]3(C)[C@H](CC[C@@H]4[C@@]5(C)CC=C(C6=CC[C@@](COc7ncccc7C#N)(C(=O)OCOC(=O)CC)CC6)C(C)(C)[C@@H]5CC[C@]43C)[C@@H]12. The van der Waals surface area contributed by atoms with Crippen LogP contribution in [0.1, 0.15) is 170 Å².